The van der Waals surface area contributed by atoms with E-state index in [4.69, 9.17) is 5.11 Å². The molecule has 0 spiro atoms. The van der Waals surface area contributed by atoms with Crippen molar-refractivity contribution in [2.75, 3.05) is 0 Å². The number of carboxylic acids is 1. The number of carbonyl (C=O) groups is 1. The summed E-state index contributed by atoms with van der Waals surface area (Å²) < 4.78 is 0. The van der Waals surface area contributed by atoms with Crippen molar-refractivity contribution < 1.29 is 15.0 Å². The average Bonchev–Trinajstić information content (AvgIpc) is 2.60. The van der Waals surface area contributed by atoms with Crippen LogP contribution in [0, 0.1) is 0 Å². The molecule has 2 N–H and O–H groups in total. The molecule has 0 heterocycles. The second-order valence-corrected chi connectivity index (χ2v) is 7.16. The number of benzene rings is 2. The smallest absolute Gasteiger partial charge is 0.303 e. The van der Waals surface area contributed by atoms with Gasteiger partial charge in [-0.05, 0) is 43.4 Å². The molecule has 0 saturated heterocycles. The van der Waals surface area contributed by atoms with Gasteiger partial charge in [-0.3, -0.25) is 4.79 Å². The summed E-state index contributed by atoms with van der Waals surface area (Å²) in [5.41, 5.74) is 1.26. The molecule has 0 saturated carbocycles. The van der Waals surface area contributed by atoms with Gasteiger partial charge in [-0.1, -0.05) is 48.5 Å². The molecule has 4 heteroatoms. The average molecular weight is 344 g/mol. The van der Waals surface area contributed by atoms with Gasteiger partial charge in [0.25, 0.3) is 0 Å². The Morgan fingerprint density at radius 3 is 2.21 bits per heavy atom. The molecule has 0 aliphatic heterocycles. The van der Waals surface area contributed by atoms with Crippen molar-refractivity contribution in [1.29, 1.82) is 0 Å². The van der Waals surface area contributed by atoms with Crippen molar-refractivity contribution in [3.05, 3.63) is 66.2 Å². The quantitative estimate of drug-likeness (QED) is 0.627. The number of hydrogen-bond donors (Lipinski definition) is 2. The van der Waals surface area contributed by atoms with Crippen molar-refractivity contribution >= 4 is 17.7 Å². The normalized spacial score (nSPS) is 13.4. The van der Waals surface area contributed by atoms with E-state index in [0.29, 0.717) is 12.8 Å². The van der Waals surface area contributed by atoms with Gasteiger partial charge in [0.15, 0.2) is 0 Å². The third kappa shape index (κ3) is 6.77. The fourth-order valence-electron chi connectivity index (χ4n) is 2.61. The van der Waals surface area contributed by atoms with Crippen LogP contribution in [-0.4, -0.2) is 27.5 Å². The molecule has 0 aliphatic rings. The lowest BCUT2D eigenvalue weighted by molar-refractivity contribution is -0.137. The van der Waals surface area contributed by atoms with E-state index in [-0.39, 0.29) is 11.7 Å². The van der Waals surface area contributed by atoms with E-state index in [1.54, 1.807) is 11.8 Å². The lowest BCUT2D eigenvalue weighted by Crippen LogP contribution is -2.24. The maximum absolute atomic E-state index is 10.7. The van der Waals surface area contributed by atoms with Crippen LogP contribution in [0.3, 0.4) is 0 Å². The zero-order valence-corrected chi connectivity index (χ0v) is 14.5. The Morgan fingerprint density at radius 1 is 0.958 bits per heavy atom. The number of hydrogen-bond acceptors (Lipinski definition) is 3. The van der Waals surface area contributed by atoms with Crippen molar-refractivity contribution in [3.63, 3.8) is 0 Å². The Kier molecular flexibility index (Phi) is 7.86. The predicted octanol–water partition coefficient (Wildman–Crippen LogP) is 4.40. The molecule has 24 heavy (non-hydrogen) atoms. The topological polar surface area (TPSA) is 57.5 Å². The maximum atomic E-state index is 10.7. The van der Waals surface area contributed by atoms with Crippen LogP contribution < -0.4 is 0 Å². The van der Waals surface area contributed by atoms with E-state index in [2.05, 4.69) is 12.1 Å². The summed E-state index contributed by atoms with van der Waals surface area (Å²) in [6.45, 7) is 0. The summed E-state index contributed by atoms with van der Waals surface area (Å²) in [6, 6.07) is 20.3. The molecule has 0 fully saturated rings. The Labute approximate surface area is 147 Å². The van der Waals surface area contributed by atoms with Crippen molar-refractivity contribution in [2.45, 2.75) is 48.4 Å². The van der Waals surface area contributed by atoms with Gasteiger partial charge in [0, 0.05) is 16.6 Å². The number of aliphatic carboxylic acids is 1. The maximum Gasteiger partial charge on any atom is 0.303 e. The summed E-state index contributed by atoms with van der Waals surface area (Å²) in [5, 5.41) is 19.4. The van der Waals surface area contributed by atoms with E-state index < -0.39 is 12.1 Å². The molecule has 128 valence electrons. The predicted molar refractivity (Wildman–Crippen MR) is 98.3 cm³/mol. The van der Waals surface area contributed by atoms with E-state index in [1.165, 1.54) is 5.56 Å². The van der Waals surface area contributed by atoms with Crippen molar-refractivity contribution in [1.82, 2.24) is 0 Å². The van der Waals surface area contributed by atoms with E-state index in [0.717, 1.165) is 17.7 Å². The van der Waals surface area contributed by atoms with Crippen LogP contribution in [0.25, 0.3) is 0 Å². The van der Waals surface area contributed by atoms with Crippen molar-refractivity contribution in [2.24, 2.45) is 0 Å². The Hall–Kier alpha value is -1.78. The van der Waals surface area contributed by atoms with Crippen LogP contribution in [0.2, 0.25) is 0 Å². The molecule has 0 aliphatic carbocycles. The lowest BCUT2D eigenvalue weighted by Gasteiger charge is -2.22. The van der Waals surface area contributed by atoms with Crippen LogP contribution in [0.4, 0.5) is 0 Å². The highest BCUT2D eigenvalue weighted by Crippen LogP contribution is 2.30. The van der Waals surface area contributed by atoms with Gasteiger partial charge in [0.2, 0.25) is 0 Å². The number of aliphatic hydroxyl groups excluding tert-OH is 1. The van der Waals surface area contributed by atoms with Gasteiger partial charge >= 0.3 is 5.97 Å². The minimum absolute atomic E-state index is 0.0569. The van der Waals surface area contributed by atoms with Crippen molar-refractivity contribution in [3.8, 4) is 0 Å². The number of carboxylic acid groups (broad SMARTS) is 1. The molecular formula is C20H24O3S. The molecule has 3 nitrogen and oxygen atoms in total. The molecule has 2 atom stereocenters. The van der Waals surface area contributed by atoms with Gasteiger partial charge in [0.1, 0.15) is 0 Å². The monoisotopic (exact) mass is 344 g/mol. The highest BCUT2D eigenvalue weighted by atomic mass is 32.2. The van der Waals surface area contributed by atoms with Crippen LogP contribution >= 0.6 is 11.8 Å². The molecule has 0 amide bonds. The van der Waals surface area contributed by atoms with E-state index in [1.807, 2.05) is 48.5 Å². The molecular weight excluding hydrogens is 320 g/mol. The minimum atomic E-state index is -0.807. The summed E-state index contributed by atoms with van der Waals surface area (Å²) in [6.07, 6.45) is 2.40. The van der Waals surface area contributed by atoms with Crippen LogP contribution in [0.5, 0.6) is 0 Å². The standard InChI is InChI=1S/C20H24O3S/c21-18(12-7-13-20(22)23)19(24-17-10-5-2-6-11-17)15-14-16-8-3-1-4-9-16/h1-6,8-11,18-19,21H,7,12-15H2,(H,22,23). The fourth-order valence-corrected chi connectivity index (χ4v) is 3.80. The van der Waals surface area contributed by atoms with Crippen LogP contribution in [0.15, 0.2) is 65.6 Å². The third-order valence-electron chi connectivity index (χ3n) is 3.91. The number of aliphatic hydroxyl groups is 1. The first-order chi connectivity index (χ1) is 11.6. The number of rotatable bonds is 10. The molecule has 2 rings (SSSR count). The van der Waals surface area contributed by atoms with Gasteiger partial charge in [-0.2, -0.15) is 0 Å². The molecule has 0 radical (unpaired) electrons. The first-order valence-corrected chi connectivity index (χ1v) is 9.18. The Morgan fingerprint density at radius 2 is 1.58 bits per heavy atom. The summed E-state index contributed by atoms with van der Waals surface area (Å²) >= 11 is 1.68. The molecule has 2 aromatic carbocycles. The van der Waals surface area contributed by atoms with Crippen LogP contribution in [-0.2, 0) is 11.2 Å². The van der Waals surface area contributed by atoms with Crippen LogP contribution in [0.1, 0.15) is 31.2 Å². The second-order valence-electron chi connectivity index (χ2n) is 5.85. The zero-order chi connectivity index (χ0) is 17.2. The summed E-state index contributed by atoms with van der Waals surface area (Å²) in [7, 11) is 0. The highest BCUT2D eigenvalue weighted by molar-refractivity contribution is 8.00. The first kappa shape index (κ1) is 18.6. The molecule has 2 aromatic rings. The SMILES string of the molecule is O=C(O)CCCC(O)C(CCc1ccccc1)Sc1ccccc1. The second kappa shape index (κ2) is 10.2. The lowest BCUT2D eigenvalue weighted by atomic mass is 10.0. The van der Waals surface area contributed by atoms with E-state index >= 15 is 0 Å². The third-order valence-corrected chi connectivity index (χ3v) is 5.31. The van der Waals surface area contributed by atoms with Gasteiger partial charge < -0.3 is 10.2 Å². The summed E-state index contributed by atoms with van der Waals surface area (Å²) in [4.78, 5) is 11.8. The first-order valence-electron chi connectivity index (χ1n) is 8.30. The molecule has 2 unspecified atom stereocenters. The Balaban J connectivity index is 1.95. The van der Waals surface area contributed by atoms with Gasteiger partial charge in [0.05, 0.1) is 6.10 Å². The van der Waals surface area contributed by atoms with Gasteiger partial charge in [-0.25, -0.2) is 0 Å². The van der Waals surface area contributed by atoms with Gasteiger partial charge in [-0.15, -0.1) is 11.8 Å². The molecule has 0 bridgehead atoms. The molecule has 0 aromatic heterocycles. The summed E-state index contributed by atoms with van der Waals surface area (Å²) in [5.74, 6) is -0.807. The highest BCUT2D eigenvalue weighted by Gasteiger charge is 2.20. The number of aryl methyl sites for hydroxylation is 1. The largest absolute Gasteiger partial charge is 0.481 e. The number of thioether (sulfide) groups is 1. The van der Waals surface area contributed by atoms with E-state index in [9.17, 15) is 9.90 Å². The zero-order valence-electron chi connectivity index (χ0n) is 13.7. The fraction of sp³-hybridized carbons (Fsp3) is 0.350. The minimum Gasteiger partial charge on any atom is -0.481 e. The Bertz CT molecular complexity index is 601.